The van der Waals surface area contributed by atoms with Gasteiger partial charge in [-0.3, -0.25) is 9.69 Å². The van der Waals surface area contributed by atoms with Crippen LogP contribution in [0, 0.1) is 0 Å². The maximum absolute atomic E-state index is 11.6. The molecule has 0 aliphatic carbocycles. The predicted molar refractivity (Wildman–Crippen MR) is 145 cm³/mol. The van der Waals surface area contributed by atoms with Crippen LogP contribution < -0.4 is 5.73 Å². The molecule has 1 aliphatic heterocycles. The van der Waals surface area contributed by atoms with E-state index in [1.54, 1.807) is 18.2 Å². The molecule has 0 saturated carbocycles. The zero-order chi connectivity index (χ0) is 25.2. The normalized spacial score (nSPS) is 19.0. The monoisotopic (exact) mass is 480 g/mol. The van der Waals surface area contributed by atoms with E-state index in [4.69, 9.17) is 10.7 Å². The Morgan fingerprint density at radius 2 is 1.69 bits per heavy atom. The number of aromatic amines is 1. The molecule has 1 amide bonds. The third-order valence-corrected chi connectivity index (χ3v) is 7.27. The van der Waals surface area contributed by atoms with Gasteiger partial charge in [0.1, 0.15) is 0 Å². The van der Waals surface area contributed by atoms with Crippen LogP contribution in [0.1, 0.15) is 60.2 Å². The molecule has 6 nitrogen and oxygen atoms in total. The zero-order valence-electron chi connectivity index (χ0n) is 20.7. The molecule has 2 atom stereocenters. The van der Waals surface area contributed by atoms with E-state index in [2.05, 4.69) is 35.9 Å². The molecule has 2 heterocycles. The third-order valence-electron chi connectivity index (χ3n) is 7.27. The lowest BCUT2D eigenvalue weighted by molar-refractivity contribution is 0.0953. The number of carbonyl (C=O) groups excluding carboxylic acids is 1. The second-order valence-corrected chi connectivity index (χ2v) is 9.77. The number of primary amides is 1. The molecule has 1 aliphatic rings. The lowest BCUT2D eigenvalue weighted by atomic mass is 9.96. The number of nitrogens with one attached hydrogen (secondary N) is 1. The van der Waals surface area contributed by atoms with Gasteiger partial charge in [0.2, 0.25) is 5.91 Å². The van der Waals surface area contributed by atoms with Crippen molar-refractivity contribution in [3.63, 3.8) is 0 Å². The number of piperidine rings is 1. The van der Waals surface area contributed by atoms with E-state index in [0.717, 1.165) is 23.2 Å². The fraction of sp³-hybridized carbons (Fsp3) is 0.267. The van der Waals surface area contributed by atoms with E-state index < -0.39 is 5.91 Å². The third kappa shape index (κ3) is 4.77. The first-order valence-corrected chi connectivity index (χ1v) is 12.5. The molecule has 3 aromatic carbocycles. The van der Waals surface area contributed by atoms with E-state index in [-0.39, 0.29) is 5.88 Å². The first kappa shape index (κ1) is 23.8. The summed E-state index contributed by atoms with van der Waals surface area (Å²) in [5, 5.41) is 11.7. The number of rotatable bonds is 6. The topological polar surface area (TPSA) is 94.7 Å². The van der Waals surface area contributed by atoms with Crippen LogP contribution in [-0.2, 0) is 6.54 Å². The van der Waals surface area contributed by atoms with E-state index in [9.17, 15) is 9.90 Å². The summed E-state index contributed by atoms with van der Waals surface area (Å²) in [4.78, 5) is 22.2. The Balaban J connectivity index is 1.52. The zero-order valence-corrected chi connectivity index (χ0v) is 20.7. The Bertz CT molecular complexity index is 1400. The van der Waals surface area contributed by atoms with Crippen molar-refractivity contribution in [3.8, 4) is 5.88 Å². The van der Waals surface area contributed by atoms with E-state index in [1.807, 2.05) is 42.5 Å². The summed E-state index contributed by atoms with van der Waals surface area (Å²) in [7, 11) is 0. The van der Waals surface area contributed by atoms with E-state index in [1.165, 1.54) is 24.8 Å². The summed E-state index contributed by atoms with van der Waals surface area (Å²) in [5.41, 5.74) is 10.6. The van der Waals surface area contributed by atoms with Crippen LogP contribution in [0.4, 0.5) is 5.69 Å². The molecular weight excluding hydrogens is 448 g/mol. The number of aliphatic imine (C=N–C) groups is 1. The summed E-state index contributed by atoms with van der Waals surface area (Å²) in [6.45, 7) is 5.57. The molecule has 0 radical (unpaired) electrons. The Hall–Kier alpha value is -3.90. The van der Waals surface area contributed by atoms with Gasteiger partial charge < -0.3 is 15.8 Å². The molecule has 2 unspecified atom stereocenters. The van der Waals surface area contributed by atoms with Gasteiger partial charge >= 0.3 is 0 Å². The molecule has 5 rings (SSSR count). The highest BCUT2D eigenvalue weighted by Gasteiger charge is 2.24. The number of carbonyl (C=O) groups is 1. The Morgan fingerprint density at radius 1 is 1.00 bits per heavy atom. The van der Waals surface area contributed by atoms with Gasteiger partial charge in [-0.15, -0.1) is 0 Å². The largest absolute Gasteiger partial charge is 0.494 e. The number of benzene rings is 3. The standard InChI is InChI=1S/C30H32N4O2/c1-19-7-6-8-20(2)34(19)18-21-11-14-24(15-12-21)32-28(22-9-4-3-5-10-22)27-25-16-13-23(29(31)35)17-26(25)33-30(27)36/h3-5,9-17,19-20,33,36H,6-8,18H2,1-2H3,(H2,31,35). The quantitative estimate of drug-likeness (QED) is 0.300. The molecule has 36 heavy (non-hydrogen) atoms. The van der Waals surface area contributed by atoms with Gasteiger partial charge in [0.25, 0.3) is 0 Å². The molecule has 4 N–H and O–H groups in total. The molecule has 4 aromatic rings. The maximum Gasteiger partial charge on any atom is 0.248 e. The number of nitrogens with two attached hydrogens (primary N) is 1. The van der Waals surface area contributed by atoms with Crippen LogP contribution in [-0.4, -0.2) is 38.7 Å². The summed E-state index contributed by atoms with van der Waals surface area (Å²) in [5.74, 6) is -0.517. The van der Waals surface area contributed by atoms with Crippen LogP contribution in [0.2, 0.25) is 0 Å². The maximum atomic E-state index is 11.6. The number of amides is 1. The van der Waals surface area contributed by atoms with Crippen molar-refractivity contribution in [2.75, 3.05) is 0 Å². The van der Waals surface area contributed by atoms with Gasteiger partial charge in [-0.05, 0) is 56.5 Å². The number of likely N-dealkylation sites (tertiary alicyclic amines) is 1. The number of aromatic hydroxyl groups is 1. The van der Waals surface area contributed by atoms with E-state index >= 15 is 0 Å². The SMILES string of the molecule is CC1CCCC(C)N1Cc1ccc(N=C(c2ccccc2)c2c(O)[nH]c3cc(C(N)=O)ccc23)cc1. The van der Waals surface area contributed by atoms with Crippen LogP contribution >= 0.6 is 0 Å². The highest BCUT2D eigenvalue weighted by Crippen LogP contribution is 2.32. The van der Waals surface area contributed by atoms with Gasteiger partial charge in [-0.2, -0.15) is 0 Å². The number of H-pyrrole nitrogens is 1. The lowest BCUT2D eigenvalue weighted by Crippen LogP contribution is -2.42. The summed E-state index contributed by atoms with van der Waals surface area (Å²) in [6.07, 6.45) is 3.81. The van der Waals surface area contributed by atoms with Crippen molar-refractivity contribution in [1.29, 1.82) is 0 Å². The highest BCUT2D eigenvalue weighted by atomic mass is 16.3. The minimum atomic E-state index is -0.516. The predicted octanol–water partition coefficient (Wildman–Crippen LogP) is 5.90. The number of fused-ring (bicyclic) bond motifs is 1. The number of aromatic nitrogens is 1. The Morgan fingerprint density at radius 3 is 2.36 bits per heavy atom. The molecule has 1 aromatic heterocycles. The van der Waals surface area contributed by atoms with Gasteiger partial charge in [0, 0.05) is 40.7 Å². The summed E-state index contributed by atoms with van der Waals surface area (Å²) >= 11 is 0. The smallest absolute Gasteiger partial charge is 0.248 e. The molecule has 1 fully saturated rings. The van der Waals surface area contributed by atoms with Crippen molar-refractivity contribution < 1.29 is 9.90 Å². The number of nitrogens with zero attached hydrogens (tertiary/aromatic N) is 2. The van der Waals surface area contributed by atoms with Crippen molar-refractivity contribution in [2.45, 2.75) is 51.7 Å². The molecule has 184 valence electrons. The fourth-order valence-electron chi connectivity index (χ4n) is 5.24. The van der Waals surface area contributed by atoms with Crippen molar-refractivity contribution >= 4 is 28.2 Å². The van der Waals surface area contributed by atoms with Crippen LogP contribution in [0.3, 0.4) is 0 Å². The van der Waals surface area contributed by atoms with E-state index in [0.29, 0.717) is 34.4 Å². The summed E-state index contributed by atoms with van der Waals surface area (Å²) < 4.78 is 0. The van der Waals surface area contributed by atoms with Crippen LogP contribution in [0.5, 0.6) is 5.88 Å². The summed E-state index contributed by atoms with van der Waals surface area (Å²) in [6, 6.07) is 24.5. The molecule has 6 heteroatoms. The molecule has 0 spiro atoms. The second kappa shape index (κ2) is 9.99. The minimum absolute atomic E-state index is 0.00100. The van der Waals surface area contributed by atoms with Gasteiger partial charge in [0.15, 0.2) is 5.88 Å². The van der Waals surface area contributed by atoms with Crippen LogP contribution in [0.25, 0.3) is 10.9 Å². The fourth-order valence-corrected chi connectivity index (χ4v) is 5.24. The molecular formula is C30H32N4O2. The Kier molecular flexibility index (Phi) is 6.61. The minimum Gasteiger partial charge on any atom is -0.494 e. The van der Waals surface area contributed by atoms with Gasteiger partial charge in [0.05, 0.1) is 17.0 Å². The Labute approximate surface area is 211 Å². The molecule has 0 bridgehead atoms. The average Bonchev–Trinajstić information content (AvgIpc) is 3.21. The van der Waals surface area contributed by atoms with Crippen molar-refractivity contribution in [3.05, 3.63) is 95.1 Å². The second-order valence-electron chi connectivity index (χ2n) is 9.77. The highest BCUT2D eigenvalue weighted by molar-refractivity contribution is 6.22. The first-order valence-electron chi connectivity index (χ1n) is 12.5. The van der Waals surface area contributed by atoms with Gasteiger partial charge in [-0.25, -0.2) is 4.99 Å². The van der Waals surface area contributed by atoms with Crippen molar-refractivity contribution in [2.24, 2.45) is 10.7 Å². The molecule has 1 saturated heterocycles. The number of hydrogen-bond acceptors (Lipinski definition) is 4. The van der Waals surface area contributed by atoms with Crippen LogP contribution in [0.15, 0.2) is 77.8 Å². The lowest BCUT2D eigenvalue weighted by Gasteiger charge is -2.39. The number of hydrogen-bond donors (Lipinski definition) is 3. The first-order chi connectivity index (χ1) is 17.4. The van der Waals surface area contributed by atoms with Crippen molar-refractivity contribution in [1.82, 2.24) is 9.88 Å². The van der Waals surface area contributed by atoms with Gasteiger partial charge in [-0.1, -0.05) is 55.0 Å². The average molecular weight is 481 g/mol.